The Labute approximate surface area is 150 Å². The Kier molecular flexibility index (Phi) is 6.24. The number of carbonyl (C=O) groups is 1. The maximum Gasteiger partial charge on any atom is 0.311 e. The number of hydrogen-bond acceptors (Lipinski definition) is 5. The van der Waals surface area contributed by atoms with Gasteiger partial charge in [-0.05, 0) is 43.9 Å². The van der Waals surface area contributed by atoms with Crippen LogP contribution in [-0.2, 0) is 0 Å². The monoisotopic (exact) mass is 361 g/mol. The summed E-state index contributed by atoms with van der Waals surface area (Å²) >= 11 is 0. The summed E-state index contributed by atoms with van der Waals surface area (Å²) in [6, 6.07) is 9.90. The first-order valence-electron chi connectivity index (χ1n) is 7.86. The van der Waals surface area contributed by atoms with Gasteiger partial charge in [-0.2, -0.15) is 0 Å². The number of carbonyl (C=O) groups excluding carboxylic acids is 1. The summed E-state index contributed by atoms with van der Waals surface area (Å²) in [5.41, 5.74) is 0.583. The first-order valence-corrected chi connectivity index (χ1v) is 7.86. The lowest BCUT2D eigenvalue weighted by Gasteiger charge is -2.25. The fraction of sp³-hybridized carbons (Fsp3) is 0.278. The number of nitro benzene ring substituents is 1. The summed E-state index contributed by atoms with van der Waals surface area (Å²) in [5, 5.41) is 13.8. The van der Waals surface area contributed by atoms with Crippen molar-refractivity contribution in [2.24, 2.45) is 0 Å². The van der Waals surface area contributed by atoms with Crippen molar-refractivity contribution in [2.75, 3.05) is 27.7 Å². The van der Waals surface area contributed by atoms with Crippen molar-refractivity contribution in [3.63, 3.8) is 0 Å². The number of amides is 1. The van der Waals surface area contributed by atoms with Crippen LogP contribution in [0.4, 0.5) is 10.1 Å². The number of ether oxygens (including phenoxy) is 1. The largest absolute Gasteiger partial charge is 0.490 e. The number of nitrogens with one attached hydrogen (secondary N) is 1. The van der Waals surface area contributed by atoms with Crippen molar-refractivity contribution in [1.82, 2.24) is 10.2 Å². The first-order chi connectivity index (χ1) is 12.3. The summed E-state index contributed by atoms with van der Waals surface area (Å²) < 4.78 is 18.4. The molecule has 1 atom stereocenters. The molecule has 0 spiro atoms. The zero-order valence-corrected chi connectivity index (χ0v) is 14.7. The second-order valence-corrected chi connectivity index (χ2v) is 5.89. The molecule has 138 valence electrons. The summed E-state index contributed by atoms with van der Waals surface area (Å²) in [4.78, 5) is 24.7. The van der Waals surface area contributed by atoms with E-state index in [1.807, 2.05) is 19.0 Å². The summed E-state index contributed by atoms with van der Waals surface area (Å²) in [7, 11) is 4.96. The van der Waals surface area contributed by atoms with Gasteiger partial charge in [0.2, 0.25) is 0 Å². The van der Waals surface area contributed by atoms with Crippen molar-refractivity contribution < 1.29 is 18.8 Å². The van der Waals surface area contributed by atoms with E-state index >= 15 is 0 Å². The van der Waals surface area contributed by atoms with Gasteiger partial charge < -0.3 is 15.0 Å². The number of methoxy groups -OCH3 is 1. The van der Waals surface area contributed by atoms with Crippen molar-refractivity contribution in [3.05, 3.63) is 69.5 Å². The van der Waals surface area contributed by atoms with Crippen LogP contribution in [0.3, 0.4) is 0 Å². The highest BCUT2D eigenvalue weighted by Gasteiger charge is 2.20. The van der Waals surface area contributed by atoms with E-state index in [1.165, 1.54) is 37.4 Å². The third kappa shape index (κ3) is 4.54. The Balaban J connectivity index is 2.16. The van der Waals surface area contributed by atoms with Gasteiger partial charge >= 0.3 is 5.69 Å². The highest BCUT2D eigenvalue weighted by Crippen LogP contribution is 2.27. The molecule has 2 rings (SSSR count). The molecule has 0 saturated heterocycles. The van der Waals surface area contributed by atoms with Crippen LogP contribution >= 0.6 is 0 Å². The smallest absolute Gasteiger partial charge is 0.311 e. The molecule has 0 fully saturated rings. The first kappa shape index (κ1) is 19.3. The van der Waals surface area contributed by atoms with Crippen LogP contribution in [0.2, 0.25) is 0 Å². The number of rotatable bonds is 7. The minimum Gasteiger partial charge on any atom is -0.490 e. The van der Waals surface area contributed by atoms with Crippen molar-refractivity contribution in [3.8, 4) is 5.75 Å². The molecule has 1 N–H and O–H groups in total. The highest BCUT2D eigenvalue weighted by atomic mass is 19.1. The van der Waals surface area contributed by atoms with Crippen LogP contribution in [0.5, 0.6) is 5.75 Å². The molecular formula is C18H20FN3O4. The van der Waals surface area contributed by atoms with E-state index in [1.54, 1.807) is 12.1 Å². The van der Waals surface area contributed by atoms with Crippen LogP contribution < -0.4 is 10.1 Å². The van der Waals surface area contributed by atoms with E-state index in [0.717, 1.165) is 5.56 Å². The highest BCUT2D eigenvalue weighted by molar-refractivity contribution is 5.95. The predicted octanol–water partition coefficient (Wildman–Crippen LogP) is 2.78. The van der Waals surface area contributed by atoms with E-state index in [2.05, 4.69) is 5.32 Å². The fourth-order valence-electron chi connectivity index (χ4n) is 2.58. The minimum absolute atomic E-state index is 0.0810. The molecule has 0 aromatic heterocycles. The molecule has 1 amide bonds. The molecule has 0 radical (unpaired) electrons. The Morgan fingerprint density at radius 2 is 2.04 bits per heavy atom. The van der Waals surface area contributed by atoms with Gasteiger partial charge in [0.15, 0.2) is 5.75 Å². The third-order valence-corrected chi connectivity index (χ3v) is 3.95. The zero-order chi connectivity index (χ0) is 19.3. The molecule has 0 heterocycles. The van der Waals surface area contributed by atoms with Gasteiger partial charge in [-0.25, -0.2) is 4.39 Å². The van der Waals surface area contributed by atoms with Crippen molar-refractivity contribution in [2.45, 2.75) is 6.04 Å². The summed E-state index contributed by atoms with van der Waals surface area (Å²) in [6.07, 6.45) is 0. The maximum atomic E-state index is 13.5. The standard InChI is InChI=1S/C18H20FN3O4/c1-21(2)16(12-5-4-6-14(19)9-12)11-20-18(23)13-7-8-17(26-3)15(10-13)22(24)25/h4-10,16H,11H2,1-3H3,(H,20,23). The minimum atomic E-state index is -0.606. The van der Waals surface area contributed by atoms with Crippen LogP contribution in [0, 0.1) is 15.9 Å². The van der Waals surface area contributed by atoms with Crippen molar-refractivity contribution >= 4 is 11.6 Å². The number of likely N-dealkylation sites (N-methyl/N-ethyl adjacent to an activating group) is 1. The summed E-state index contributed by atoms with van der Waals surface area (Å²) in [5.74, 6) is -0.733. The van der Waals surface area contributed by atoms with E-state index in [9.17, 15) is 19.3 Å². The molecule has 0 aliphatic carbocycles. The van der Waals surface area contributed by atoms with E-state index in [-0.39, 0.29) is 35.4 Å². The Morgan fingerprint density at radius 1 is 1.31 bits per heavy atom. The molecule has 2 aromatic rings. The lowest BCUT2D eigenvalue weighted by atomic mass is 10.1. The SMILES string of the molecule is COc1ccc(C(=O)NCC(c2cccc(F)c2)N(C)C)cc1[N+](=O)[O-]. The van der Waals surface area contributed by atoms with Crippen molar-refractivity contribution in [1.29, 1.82) is 0 Å². The Hall–Kier alpha value is -3.00. The van der Waals surface area contributed by atoms with Gasteiger partial charge in [-0.15, -0.1) is 0 Å². The van der Waals surface area contributed by atoms with Crippen LogP contribution in [0.25, 0.3) is 0 Å². The average molecular weight is 361 g/mol. The quantitative estimate of drug-likeness (QED) is 0.605. The Bertz CT molecular complexity index is 811. The second-order valence-electron chi connectivity index (χ2n) is 5.89. The normalized spacial score (nSPS) is 11.9. The van der Waals surface area contributed by atoms with Gasteiger partial charge in [-0.1, -0.05) is 12.1 Å². The molecule has 7 nitrogen and oxygen atoms in total. The number of benzene rings is 2. The van der Waals surface area contributed by atoms with Crippen LogP contribution in [0.15, 0.2) is 42.5 Å². The predicted molar refractivity (Wildman–Crippen MR) is 94.8 cm³/mol. The molecule has 26 heavy (non-hydrogen) atoms. The molecule has 0 aliphatic heterocycles. The topological polar surface area (TPSA) is 84.7 Å². The maximum absolute atomic E-state index is 13.5. The third-order valence-electron chi connectivity index (χ3n) is 3.95. The molecule has 0 bridgehead atoms. The van der Waals surface area contributed by atoms with Gasteiger partial charge in [0.1, 0.15) is 5.82 Å². The van der Waals surface area contributed by atoms with Crippen LogP contribution in [0.1, 0.15) is 22.0 Å². The zero-order valence-electron chi connectivity index (χ0n) is 14.7. The number of nitrogens with zero attached hydrogens (tertiary/aromatic N) is 2. The molecular weight excluding hydrogens is 341 g/mol. The average Bonchev–Trinajstić information content (AvgIpc) is 2.60. The summed E-state index contributed by atoms with van der Waals surface area (Å²) in [6.45, 7) is 0.217. The fourth-order valence-corrected chi connectivity index (χ4v) is 2.58. The van der Waals surface area contributed by atoms with E-state index in [0.29, 0.717) is 0 Å². The number of hydrogen-bond donors (Lipinski definition) is 1. The lowest BCUT2D eigenvalue weighted by molar-refractivity contribution is -0.385. The molecule has 2 aromatic carbocycles. The van der Waals surface area contributed by atoms with Gasteiger partial charge in [0, 0.05) is 18.2 Å². The molecule has 1 unspecified atom stereocenters. The van der Waals surface area contributed by atoms with Gasteiger partial charge in [-0.3, -0.25) is 14.9 Å². The Morgan fingerprint density at radius 3 is 2.62 bits per heavy atom. The molecule has 0 saturated carbocycles. The van der Waals surface area contributed by atoms with Crippen LogP contribution in [-0.4, -0.2) is 43.5 Å². The lowest BCUT2D eigenvalue weighted by Crippen LogP contribution is -2.34. The molecule has 8 heteroatoms. The number of nitro groups is 1. The molecule has 0 aliphatic rings. The van der Waals surface area contributed by atoms with E-state index in [4.69, 9.17) is 4.74 Å². The van der Waals surface area contributed by atoms with E-state index < -0.39 is 10.8 Å². The van der Waals surface area contributed by atoms with Gasteiger partial charge in [0.25, 0.3) is 5.91 Å². The number of halogens is 1. The second kappa shape index (κ2) is 8.39. The van der Waals surface area contributed by atoms with Gasteiger partial charge in [0.05, 0.1) is 18.1 Å².